The number of nitrogens with one attached hydrogen (secondary N) is 1. The molecule has 0 unspecified atom stereocenters. The molecule has 3 aromatic heterocycles. The fraction of sp³-hybridized carbons (Fsp3) is 0.312. The summed E-state index contributed by atoms with van der Waals surface area (Å²) < 4.78 is 21.5. The van der Waals surface area contributed by atoms with Crippen molar-refractivity contribution in [3.05, 3.63) is 40.9 Å². The summed E-state index contributed by atoms with van der Waals surface area (Å²) in [5, 5.41) is 17.5. The lowest BCUT2D eigenvalue weighted by Gasteiger charge is -2.28. The number of halogens is 2. The van der Waals surface area contributed by atoms with Gasteiger partial charge in [-0.1, -0.05) is 6.07 Å². The Labute approximate surface area is 151 Å². The Balaban J connectivity index is 1.77. The fourth-order valence-corrected chi connectivity index (χ4v) is 3.40. The number of nitrogens with zero attached hydrogens (tertiary/aromatic N) is 4. The van der Waals surface area contributed by atoms with Crippen molar-refractivity contribution in [1.82, 2.24) is 19.6 Å². The van der Waals surface area contributed by atoms with E-state index in [-0.39, 0.29) is 22.6 Å². The van der Waals surface area contributed by atoms with Crippen LogP contribution in [0.1, 0.15) is 6.42 Å². The van der Waals surface area contributed by atoms with E-state index < -0.39 is 11.9 Å². The number of pyridine rings is 1. The van der Waals surface area contributed by atoms with E-state index in [1.165, 1.54) is 10.7 Å². The third kappa shape index (κ3) is 2.99. The van der Waals surface area contributed by atoms with Gasteiger partial charge in [-0.2, -0.15) is 0 Å². The van der Waals surface area contributed by atoms with Gasteiger partial charge in [0, 0.05) is 12.8 Å². The fourth-order valence-electron chi connectivity index (χ4n) is 2.83. The number of aromatic nitrogens is 4. The van der Waals surface area contributed by atoms with Crippen molar-refractivity contribution in [3.63, 3.8) is 0 Å². The van der Waals surface area contributed by atoms with E-state index in [0.717, 1.165) is 0 Å². The van der Waals surface area contributed by atoms with E-state index in [1.807, 2.05) is 6.07 Å². The molecule has 0 radical (unpaired) electrons. The summed E-state index contributed by atoms with van der Waals surface area (Å²) in [5.41, 5.74) is 1.33. The highest BCUT2D eigenvalue weighted by atomic mass is 79.9. The predicted octanol–water partition coefficient (Wildman–Crippen LogP) is 2.25. The van der Waals surface area contributed by atoms with Crippen LogP contribution in [0.3, 0.4) is 0 Å². The van der Waals surface area contributed by atoms with Crippen LogP contribution in [0.5, 0.6) is 0 Å². The van der Waals surface area contributed by atoms with E-state index in [1.54, 1.807) is 18.3 Å². The van der Waals surface area contributed by atoms with Crippen LogP contribution in [0.15, 0.2) is 35.1 Å². The minimum Gasteiger partial charge on any atom is -0.389 e. The van der Waals surface area contributed by atoms with Gasteiger partial charge in [0.1, 0.15) is 11.2 Å². The van der Waals surface area contributed by atoms with Gasteiger partial charge < -0.3 is 15.2 Å². The van der Waals surface area contributed by atoms with Crippen LogP contribution in [-0.2, 0) is 4.74 Å². The Kier molecular flexibility index (Phi) is 4.36. The van der Waals surface area contributed by atoms with Crippen molar-refractivity contribution in [2.45, 2.75) is 18.6 Å². The van der Waals surface area contributed by atoms with Crippen LogP contribution in [0.4, 0.5) is 10.3 Å². The molecule has 25 heavy (non-hydrogen) atoms. The van der Waals surface area contributed by atoms with E-state index >= 15 is 0 Å². The van der Waals surface area contributed by atoms with Gasteiger partial charge in [0.05, 0.1) is 35.1 Å². The lowest BCUT2D eigenvalue weighted by atomic mass is 10.1. The van der Waals surface area contributed by atoms with Crippen LogP contribution in [0.2, 0.25) is 0 Å². The summed E-state index contributed by atoms with van der Waals surface area (Å²) in [6, 6.07) is 5.18. The van der Waals surface area contributed by atoms with Gasteiger partial charge in [0.15, 0.2) is 5.82 Å². The highest BCUT2D eigenvalue weighted by molar-refractivity contribution is 9.10. The minimum absolute atomic E-state index is 0.214. The normalized spacial score (nSPS) is 20.8. The van der Waals surface area contributed by atoms with E-state index in [4.69, 9.17) is 4.74 Å². The first-order valence-corrected chi connectivity index (χ1v) is 8.61. The van der Waals surface area contributed by atoms with Crippen molar-refractivity contribution in [2.75, 3.05) is 18.5 Å². The van der Waals surface area contributed by atoms with E-state index in [2.05, 4.69) is 36.3 Å². The number of rotatable bonds is 3. The molecule has 130 valence electrons. The zero-order valence-electron chi connectivity index (χ0n) is 13.1. The van der Waals surface area contributed by atoms with Crippen LogP contribution in [0.25, 0.3) is 16.9 Å². The summed E-state index contributed by atoms with van der Waals surface area (Å²) in [5.74, 6) is -0.142. The Morgan fingerprint density at radius 2 is 2.24 bits per heavy atom. The predicted molar refractivity (Wildman–Crippen MR) is 92.7 cm³/mol. The summed E-state index contributed by atoms with van der Waals surface area (Å²) in [4.78, 5) is 8.44. The molecular formula is C16H15BrFN5O2. The SMILES string of the molecule is O[C@@H]1COCC[C@H]1Nc1ncc2c(F)c(Br)c(-c3ccccn3)n2n1. The van der Waals surface area contributed by atoms with Gasteiger partial charge in [-0.25, -0.2) is 13.9 Å². The quantitative estimate of drug-likeness (QED) is 0.692. The maximum Gasteiger partial charge on any atom is 0.241 e. The Hall–Kier alpha value is -2.10. The summed E-state index contributed by atoms with van der Waals surface area (Å²) in [7, 11) is 0. The maximum absolute atomic E-state index is 14.5. The number of fused-ring (bicyclic) bond motifs is 1. The van der Waals surface area contributed by atoms with Crippen LogP contribution < -0.4 is 5.32 Å². The molecule has 2 N–H and O–H groups in total. The van der Waals surface area contributed by atoms with Crippen molar-refractivity contribution < 1.29 is 14.2 Å². The average Bonchev–Trinajstić information content (AvgIpc) is 2.88. The second kappa shape index (κ2) is 6.66. The standard InChI is InChI=1S/C16H15BrFN5O2/c17-13-14(18)11-7-20-16(21-9-4-6-25-8-12(9)24)22-23(11)15(13)10-3-1-2-5-19-10/h1-3,5,7,9,12,24H,4,6,8H2,(H,21,22)/t9-,12-/m1/s1. The lowest BCUT2D eigenvalue weighted by Crippen LogP contribution is -2.42. The third-order valence-electron chi connectivity index (χ3n) is 4.12. The first-order chi connectivity index (χ1) is 12.1. The minimum atomic E-state index is -0.642. The molecule has 0 aliphatic carbocycles. The van der Waals surface area contributed by atoms with Crippen LogP contribution in [-0.4, -0.2) is 50.0 Å². The number of aliphatic hydroxyl groups excluding tert-OH is 1. The van der Waals surface area contributed by atoms with Gasteiger partial charge in [0.2, 0.25) is 5.95 Å². The van der Waals surface area contributed by atoms with Gasteiger partial charge >= 0.3 is 0 Å². The largest absolute Gasteiger partial charge is 0.389 e. The number of anilines is 1. The van der Waals surface area contributed by atoms with Gasteiger partial charge in [0.25, 0.3) is 0 Å². The number of hydrogen-bond donors (Lipinski definition) is 2. The summed E-state index contributed by atoms with van der Waals surface area (Å²) in [6.45, 7) is 0.822. The topological polar surface area (TPSA) is 84.6 Å². The smallest absolute Gasteiger partial charge is 0.241 e. The second-order valence-electron chi connectivity index (χ2n) is 5.75. The molecule has 7 nitrogen and oxygen atoms in total. The first-order valence-electron chi connectivity index (χ1n) is 7.81. The maximum atomic E-state index is 14.5. The van der Waals surface area contributed by atoms with Crippen molar-refractivity contribution in [1.29, 1.82) is 0 Å². The zero-order valence-corrected chi connectivity index (χ0v) is 14.6. The lowest BCUT2D eigenvalue weighted by molar-refractivity contribution is -0.0136. The molecule has 2 atom stereocenters. The van der Waals surface area contributed by atoms with Gasteiger partial charge in [-0.05, 0) is 34.5 Å². The molecule has 1 saturated heterocycles. The molecule has 4 rings (SSSR count). The molecule has 0 aromatic carbocycles. The average molecular weight is 408 g/mol. The number of hydrogen-bond acceptors (Lipinski definition) is 6. The van der Waals surface area contributed by atoms with Crippen molar-refractivity contribution in [2.24, 2.45) is 0 Å². The molecule has 1 aliphatic rings. The molecule has 9 heteroatoms. The van der Waals surface area contributed by atoms with Crippen molar-refractivity contribution >= 4 is 27.4 Å². The molecular weight excluding hydrogens is 393 g/mol. The van der Waals surface area contributed by atoms with Crippen molar-refractivity contribution in [3.8, 4) is 11.4 Å². The van der Waals surface area contributed by atoms with E-state index in [9.17, 15) is 9.50 Å². The van der Waals surface area contributed by atoms with Gasteiger partial charge in [-0.15, -0.1) is 5.10 Å². The Bertz CT molecular complexity index is 904. The highest BCUT2D eigenvalue weighted by Gasteiger charge is 2.25. The van der Waals surface area contributed by atoms with Crippen LogP contribution in [0, 0.1) is 5.82 Å². The molecule has 3 aromatic rings. The molecule has 1 aliphatic heterocycles. The second-order valence-corrected chi connectivity index (χ2v) is 6.55. The molecule has 0 bridgehead atoms. The third-order valence-corrected chi connectivity index (χ3v) is 4.84. The number of ether oxygens (including phenoxy) is 1. The zero-order chi connectivity index (χ0) is 17.4. The summed E-state index contributed by atoms with van der Waals surface area (Å²) in [6.07, 6.45) is 3.04. The van der Waals surface area contributed by atoms with E-state index in [0.29, 0.717) is 30.4 Å². The molecule has 0 amide bonds. The van der Waals surface area contributed by atoms with Gasteiger partial charge in [-0.3, -0.25) is 4.98 Å². The molecule has 0 saturated carbocycles. The first kappa shape index (κ1) is 16.4. The Morgan fingerprint density at radius 1 is 1.36 bits per heavy atom. The van der Waals surface area contributed by atoms with Crippen LogP contribution >= 0.6 is 15.9 Å². The molecule has 4 heterocycles. The summed E-state index contributed by atoms with van der Waals surface area (Å²) >= 11 is 3.28. The molecule has 1 fully saturated rings. The number of aliphatic hydroxyl groups is 1. The monoisotopic (exact) mass is 407 g/mol. The highest BCUT2D eigenvalue weighted by Crippen LogP contribution is 2.33. The molecule has 0 spiro atoms. The Morgan fingerprint density at radius 3 is 3.00 bits per heavy atom.